The zero-order chi connectivity index (χ0) is 24.5. The normalized spacial score (nSPS) is 14.1. The van der Waals surface area contributed by atoms with Crippen LogP contribution in [-0.2, 0) is 6.42 Å². The van der Waals surface area contributed by atoms with E-state index >= 15 is 0 Å². The van der Waals surface area contributed by atoms with Gasteiger partial charge in [0.15, 0.2) is 5.65 Å². The Balaban J connectivity index is 1.46. The minimum Gasteiger partial charge on any atom is -0.352 e. The van der Waals surface area contributed by atoms with Crippen LogP contribution in [0.3, 0.4) is 0 Å². The highest BCUT2D eigenvalue weighted by Gasteiger charge is 2.27. The fourth-order valence-corrected chi connectivity index (χ4v) is 4.43. The molecule has 1 amide bonds. The Kier molecular flexibility index (Phi) is 6.15. The standard InChI is InChI=1S/C26H26F2N6O/c1-3-4-22-29-24(23-17(2)31-34(25(23)30-22)21-11-9-20(28)10-12-21)32-13-15-33(16-14-32)26(35)18-5-7-19(27)8-6-18/h5-12H,3-4,13-16H2,1-2H3. The molecule has 0 atom stereocenters. The number of nitrogens with zero attached hydrogens (tertiary/aromatic N) is 6. The van der Waals surface area contributed by atoms with Gasteiger partial charge in [-0.3, -0.25) is 4.79 Å². The van der Waals surface area contributed by atoms with Crippen molar-refractivity contribution < 1.29 is 13.6 Å². The molecule has 7 nitrogen and oxygen atoms in total. The van der Waals surface area contributed by atoms with Gasteiger partial charge in [-0.15, -0.1) is 0 Å². The molecule has 0 bridgehead atoms. The van der Waals surface area contributed by atoms with Gasteiger partial charge in [0.25, 0.3) is 5.91 Å². The number of fused-ring (bicyclic) bond motifs is 1. The maximum atomic E-state index is 13.5. The average molecular weight is 477 g/mol. The second-order valence-electron chi connectivity index (χ2n) is 8.67. The van der Waals surface area contributed by atoms with E-state index in [0.717, 1.165) is 41.3 Å². The van der Waals surface area contributed by atoms with E-state index in [1.807, 2.05) is 6.92 Å². The van der Waals surface area contributed by atoms with Crippen LogP contribution in [0.25, 0.3) is 16.7 Å². The van der Waals surface area contributed by atoms with Crippen molar-refractivity contribution in [3.05, 3.63) is 77.2 Å². The molecule has 1 saturated heterocycles. The Bertz CT molecular complexity index is 1360. The van der Waals surface area contributed by atoms with Gasteiger partial charge in [0.2, 0.25) is 0 Å². The number of anilines is 1. The molecule has 4 aromatic rings. The summed E-state index contributed by atoms with van der Waals surface area (Å²) in [6.07, 6.45) is 1.62. The second-order valence-corrected chi connectivity index (χ2v) is 8.67. The van der Waals surface area contributed by atoms with Gasteiger partial charge in [-0.05, 0) is 61.9 Å². The quantitative estimate of drug-likeness (QED) is 0.429. The van der Waals surface area contributed by atoms with Gasteiger partial charge in [0.1, 0.15) is 23.3 Å². The Morgan fingerprint density at radius 1 is 0.914 bits per heavy atom. The minimum absolute atomic E-state index is 0.107. The molecule has 0 unspecified atom stereocenters. The van der Waals surface area contributed by atoms with E-state index in [2.05, 4.69) is 11.8 Å². The van der Waals surface area contributed by atoms with E-state index in [4.69, 9.17) is 15.1 Å². The van der Waals surface area contributed by atoms with Gasteiger partial charge in [0, 0.05) is 38.2 Å². The molecule has 0 radical (unpaired) electrons. The first kappa shape index (κ1) is 22.9. The number of halogens is 2. The molecule has 9 heteroatoms. The van der Waals surface area contributed by atoms with E-state index in [-0.39, 0.29) is 17.5 Å². The number of rotatable bonds is 5. The van der Waals surface area contributed by atoms with Crippen LogP contribution in [0, 0.1) is 18.6 Å². The van der Waals surface area contributed by atoms with Crippen molar-refractivity contribution in [1.82, 2.24) is 24.6 Å². The van der Waals surface area contributed by atoms with Crippen molar-refractivity contribution in [2.24, 2.45) is 0 Å². The van der Waals surface area contributed by atoms with Crippen LogP contribution in [0.15, 0.2) is 48.5 Å². The summed E-state index contributed by atoms with van der Waals surface area (Å²) in [6.45, 7) is 6.25. The van der Waals surface area contributed by atoms with Crippen LogP contribution < -0.4 is 4.90 Å². The molecule has 180 valence electrons. The van der Waals surface area contributed by atoms with Crippen molar-refractivity contribution >= 4 is 22.8 Å². The first-order valence-electron chi connectivity index (χ1n) is 11.8. The second kappa shape index (κ2) is 9.40. The molecule has 35 heavy (non-hydrogen) atoms. The topological polar surface area (TPSA) is 67.2 Å². The monoisotopic (exact) mass is 476 g/mol. The van der Waals surface area contributed by atoms with E-state index in [1.165, 1.54) is 36.4 Å². The van der Waals surface area contributed by atoms with Gasteiger partial charge < -0.3 is 9.80 Å². The Hall–Kier alpha value is -3.88. The summed E-state index contributed by atoms with van der Waals surface area (Å²) in [7, 11) is 0. The van der Waals surface area contributed by atoms with Crippen LogP contribution in [-0.4, -0.2) is 56.7 Å². The number of aromatic nitrogens is 4. The highest BCUT2D eigenvalue weighted by Crippen LogP contribution is 2.30. The lowest BCUT2D eigenvalue weighted by molar-refractivity contribution is 0.0746. The van der Waals surface area contributed by atoms with Crippen LogP contribution in [0.1, 0.15) is 35.2 Å². The summed E-state index contributed by atoms with van der Waals surface area (Å²) < 4.78 is 28.5. The third-order valence-electron chi connectivity index (χ3n) is 6.23. The average Bonchev–Trinajstić information content (AvgIpc) is 3.20. The smallest absolute Gasteiger partial charge is 0.253 e. The molecule has 5 rings (SSSR count). The third kappa shape index (κ3) is 4.45. The van der Waals surface area contributed by atoms with Crippen molar-refractivity contribution in [3.63, 3.8) is 0 Å². The number of hydrogen-bond donors (Lipinski definition) is 0. The Labute approximate surface area is 202 Å². The lowest BCUT2D eigenvalue weighted by Crippen LogP contribution is -2.49. The van der Waals surface area contributed by atoms with Gasteiger partial charge in [-0.2, -0.15) is 5.10 Å². The van der Waals surface area contributed by atoms with Crippen molar-refractivity contribution in [2.45, 2.75) is 26.7 Å². The predicted octanol–water partition coefficient (Wildman–Crippen LogP) is 4.32. The fourth-order valence-electron chi connectivity index (χ4n) is 4.43. The van der Waals surface area contributed by atoms with Crippen LogP contribution >= 0.6 is 0 Å². The SMILES string of the molecule is CCCc1nc(N2CCN(C(=O)c3ccc(F)cc3)CC2)c2c(C)nn(-c3ccc(F)cc3)c2n1. The summed E-state index contributed by atoms with van der Waals surface area (Å²) in [5.41, 5.74) is 2.68. The molecule has 0 spiro atoms. The molecule has 0 saturated carbocycles. The van der Waals surface area contributed by atoms with E-state index < -0.39 is 0 Å². The van der Waals surface area contributed by atoms with E-state index in [9.17, 15) is 13.6 Å². The first-order valence-corrected chi connectivity index (χ1v) is 11.8. The van der Waals surface area contributed by atoms with Crippen molar-refractivity contribution in [2.75, 3.05) is 31.1 Å². The number of benzene rings is 2. The summed E-state index contributed by atoms with van der Waals surface area (Å²) in [5, 5.41) is 5.56. The maximum Gasteiger partial charge on any atom is 0.253 e. The zero-order valence-corrected chi connectivity index (χ0v) is 19.7. The summed E-state index contributed by atoms with van der Waals surface area (Å²) in [5.74, 6) is 0.751. The van der Waals surface area contributed by atoms with Crippen molar-refractivity contribution in [1.29, 1.82) is 0 Å². The number of carbonyl (C=O) groups is 1. The molecule has 1 fully saturated rings. The number of aryl methyl sites for hydroxylation is 2. The first-order chi connectivity index (χ1) is 16.9. The van der Waals surface area contributed by atoms with Gasteiger partial charge in [-0.1, -0.05) is 6.92 Å². The van der Waals surface area contributed by atoms with E-state index in [0.29, 0.717) is 37.4 Å². The molecule has 0 N–H and O–H groups in total. The van der Waals surface area contributed by atoms with Gasteiger partial charge >= 0.3 is 0 Å². The Morgan fingerprint density at radius 2 is 1.54 bits per heavy atom. The number of amides is 1. The predicted molar refractivity (Wildman–Crippen MR) is 130 cm³/mol. The van der Waals surface area contributed by atoms with Crippen molar-refractivity contribution in [3.8, 4) is 5.69 Å². The summed E-state index contributed by atoms with van der Waals surface area (Å²) >= 11 is 0. The molecule has 1 aliphatic rings. The maximum absolute atomic E-state index is 13.5. The Morgan fingerprint density at radius 3 is 2.17 bits per heavy atom. The van der Waals surface area contributed by atoms with E-state index in [1.54, 1.807) is 21.7 Å². The lowest BCUT2D eigenvalue weighted by atomic mass is 10.1. The fraction of sp³-hybridized carbons (Fsp3) is 0.308. The van der Waals surface area contributed by atoms with Gasteiger partial charge in [-0.25, -0.2) is 23.4 Å². The number of piperazine rings is 1. The van der Waals surface area contributed by atoms with Crippen LogP contribution in [0.2, 0.25) is 0 Å². The van der Waals surface area contributed by atoms with Crippen LogP contribution in [0.5, 0.6) is 0 Å². The number of carbonyl (C=O) groups excluding carboxylic acids is 1. The largest absolute Gasteiger partial charge is 0.352 e. The summed E-state index contributed by atoms with van der Waals surface area (Å²) in [4.78, 5) is 26.5. The highest BCUT2D eigenvalue weighted by atomic mass is 19.1. The molecule has 1 aliphatic heterocycles. The molecule has 3 heterocycles. The summed E-state index contributed by atoms with van der Waals surface area (Å²) in [6, 6.07) is 11.8. The lowest BCUT2D eigenvalue weighted by Gasteiger charge is -2.35. The third-order valence-corrected chi connectivity index (χ3v) is 6.23. The minimum atomic E-state index is -0.362. The molecular formula is C26H26F2N6O. The molecule has 2 aromatic heterocycles. The van der Waals surface area contributed by atoms with Crippen LogP contribution in [0.4, 0.5) is 14.6 Å². The molecule has 0 aliphatic carbocycles. The zero-order valence-electron chi connectivity index (χ0n) is 19.7. The molecular weight excluding hydrogens is 450 g/mol. The highest BCUT2D eigenvalue weighted by molar-refractivity contribution is 5.95. The number of hydrogen-bond acceptors (Lipinski definition) is 5. The van der Waals surface area contributed by atoms with Gasteiger partial charge in [0.05, 0.1) is 16.8 Å². The molecule has 2 aromatic carbocycles.